The third kappa shape index (κ3) is 8.81. The van der Waals surface area contributed by atoms with Gasteiger partial charge in [-0.1, -0.05) is 30.3 Å². The molecule has 0 fully saturated rings. The Labute approximate surface area is 95.5 Å². The van der Waals surface area contributed by atoms with Crippen molar-refractivity contribution < 1.29 is 14.4 Å². The quantitative estimate of drug-likeness (QED) is 0.732. The second kappa shape index (κ2) is 8.53. The van der Waals surface area contributed by atoms with E-state index in [9.17, 15) is 14.4 Å². The highest BCUT2D eigenvalue weighted by Crippen LogP contribution is 1.91. The van der Waals surface area contributed by atoms with Gasteiger partial charge >= 0.3 is 0 Å². The molecule has 0 aliphatic rings. The maximum atomic E-state index is 10.2. The first-order valence-electron chi connectivity index (χ1n) is 5.05. The van der Waals surface area contributed by atoms with E-state index < -0.39 is 0 Å². The molecule has 0 N–H and O–H groups in total. The van der Waals surface area contributed by atoms with Gasteiger partial charge in [-0.2, -0.15) is 0 Å². The highest BCUT2D eigenvalue weighted by Gasteiger charge is 1.95. The van der Waals surface area contributed by atoms with E-state index in [4.69, 9.17) is 0 Å². The van der Waals surface area contributed by atoms with Gasteiger partial charge in [0.15, 0.2) is 0 Å². The molecule has 0 amide bonds. The fourth-order valence-electron chi connectivity index (χ4n) is 0.884. The lowest BCUT2D eigenvalue weighted by Crippen LogP contribution is -1.95. The Morgan fingerprint density at radius 3 is 1.69 bits per heavy atom. The van der Waals surface area contributed by atoms with Gasteiger partial charge in [0.05, 0.1) is 0 Å². The lowest BCUT2D eigenvalue weighted by atomic mass is 10.2. The minimum absolute atomic E-state index is 0.0835. The predicted molar refractivity (Wildman–Crippen MR) is 62.4 cm³/mol. The van der Waals surface area contributed by atoms with Gasteiger partial charge in [0.2, 0.25) is 0 Å². The Hall–Kier alpha value is -1.77. The molecule has 0 aliphatic carbocycles. The van der Waals surface area contributed by atoms with Crippen LogP contribution in [0.25, 0.3) is 0 Å². The van der Waals surface area contributed by atoms with Crippen LogP contribution in [0, 0.1) is 0 Å². The first-order chi connectivity index (χ1) is 7.56. The number of benzene rings is 1. The lowest BCUT2D eigenvalue weighted by molar-refractivity contribution is -0.122. The Kier molecular flexibility index (Phi) is 7.59. The molecule has 0 atom stereocenters. The van der Waals surface area contributed by atoms with Crippen LogP contribution in [0.15, 0.2) is 30.3 Å². The van der Waals surface area contributed by atoms with E-state index in [0.717, 1.165) is 11.8 Å². The average Bonchev–Trinajstić information content (AvgIpc) is 2.28. The highest BCUT2D eigenvalue weighted by atomic mass is 16.1. The minimum Gasteiger partial charge on any atom is -0.300 e. The first kappa shape index (κ1) is 14.2. The van der Waals surface area contributed by atoms with Gasteiger partial charge in [-0.15, -0.1) is 0 Å². The molecule has 1 aromatic rings. The van der Waals surface area contributed by atoms with Crippen LogP contribution < -0.4 is 0 Å². The van der Waals surface area contributed by atoms with Crippen LogP contribution in [0.3, 0.4) is 0 Å². The van der Waals surface area contributed by atoms with Crippen molar-refractivity contribution in [2.24, 2.45) is 0 Å². The molecule has 1 aromatic carbocycles. The van der Waals surface area contributed by atoms with E-state index in [1.54, 1.807) is 12.1 Å². The van der Waals surface area contributed by atoms with E-state index >= 15 is 0 Å². The van der Waals surface area contributed by atoms with Crippen LogP contribution in [-0.2, 0) is 9.59 Å². The highest BCUT2D eigenvalue weighted by molar-refractivity contribution is 5.83. The van der Waals surface area contributed by atoms with Crippen molar-refractivity contribution in [1.82, 2.24) is 0 Å². The number of hydrogen-bond donors (Lipinski definition) is 0. The molecule has 0 saturated heterocycles. The summed E-state index contributed by atoms with van der Waals surface area (Å²) in [6, 6.07) is 9.10. The van der Waals surface area contributed by atoms with Gasteiger partial charge < -0.3 is 9.59 Å². The molecule has 0 heterocycles. The van der Waals surface area contributed by atoms with Gasteiger partial charge in [0.25, 0.3) is 0 Å². The molecule has 0 aromatic heterocycles. The van der Waals surface area contributed by atoms with Gasteiger partial charge in [-0.3, -0.25) is 4.79 Å². The lowest BCUT2D eigenvalue weighted by Gasteiger charge is -1.86. The smallest absolute Gasteiger partial charge is 0.150 e. The fraction of sp³-hybridized carbons (Fsp3) is 0.308. The Morgan fingerprint density at radius 2 is 1.44 bits per heavy atom. The van der Waals surface area contributed by atoms with Gasteiger partial charge in [0.1, 0.15) is 17.9 Å². The number of ketones is 2. The van der Waals surface area contributed by atoms with Gasteiger partial charge in [-0.25, -0.2) is 0 Å². The van der Waals surface area contributed by atoms with Crippen LogP contribution in [0.4, 0.5) is 0 Å². The van der Waals surface area contributed by atoms with E-state index in [-0.39, 0.29) is 11.6 Å². The number of hydrogen-bond acceptors (Lipinski definition) is 3. The number of aldehydes is 1. The van der Waals surface area contributed by atoms with E-state index in [1.807, 2.05) is 18.2 Å². The van der Waals surface area contributed by atoms with Gasteiger partial charge in [-0.05, 0) is 13.8 Å². The van der Waals surface area contributed by atoms with Crippen molar-refractivity contribution in [3.8, 4) is 0 Å². The average molecular weight is 220 g/mol. The van der Waals surface area contributed by atoms with Crippen LogP contribution >= 0.6 is 0 Å². The van der Waals surface area contributed by atoms with Crippen LogP contribution in [0.5, 0.6) is 0 Å². The van der Waals surface area contributed by atoms with Crippen molar-refractivity contribution in [1.29, 1.82) is 0 Å². The van der Waals surface area contributed by atoms with Crippen molar-refractivity contribution in [2.75, 3.05) is 0 Å². The molecule has 0 bridgehead atoms. The Bertz CT molecular complexity index is 327. The summed E-state index contributed by atoms with van der Waals surface area (Å²) in [6.45, 7) is 2.98. The van der Waals surface area contributed by atoms with E-state index in [1.165, 1.54) is 13.8 Å². The monoisotopic (exact) mass is 220 g/mol. The van der Waals surface area contributed by atoms with Crippen LogP contribution in [0.1, 0.15) is 37.0 Å². The third-order valence-corrected chi connectivity index (χ3v) is 1.76. The summed E-state index contributed by atoms with van der Waals surface area (Å²) in [7, 11) is 0. The maximum Gasteiger partial charge on any atom is 0.150 e. The molecule has 0 saturated carbocycles. The number of carbonyl (C=O) groups excluding carboxylic acids is 3. The summed E-state index contributed by atoms with van der Waals surface area (Å²) in [5.74, 6) is 0.167. The zero-order valence-electron chi connectivity index (χ0n) is 9.60. The summed E-state index contributed by atoms with van der Waals surface area (Å²) in [6.07, 6.45) is 1.63. The van der Waals surface area contributed by atoms with Crippen molar-refractivity contribution in [3.63, 3.8) is 0 Å². The predicted octanol–water partition coefficient (Wildman–Crippen LogP) is 2.44. The summed E-state index contributed by atoms with van der Waals surface area (Å²) in [4.78, 5) is 30.4. The maximum absolute atomic E-state index is 10.2. The molecule has 3 heteroatoms. The normalized spacial score (nSPS) is 8.62. The van der Waals surface area contributed by atoms with Gasteiger partial charge in [0, 0.05) is 18.4 Å². The molecule has 0 spiro atoms. The number of rotatable bonds is 4. The molecule has 86 valence electrons. The summed E-state index contributed by atoms with van der Waals surface area (Å²) >= 11 is 0. The summed E-state index contributed by atoms with van der Waals surface area (Å²) in [5, 5.41) is 0. The molecule has 16 heavy (non-hydrogen) atoms. The molecule has 0 radical (unpaired) electrons. The Balaban J connectivity index is 0.000000281. The largest absolute Gasteiger partial charge is 0.300 e. The fourth-order valence-corrected chi connectivity index (χ4v) is 0.884. The van der Waals surface area contributed by atoms with Crippen LogP contribution in [-0.4, -0.2) is 17.9 Å². The topological polar surface area (TPSA) is 51.2 Å². The number of Topliss-reactive ketones (excluding diaryl/α,β-unsaturated/α-hetero) is 2. The first-order valence-corrected chi connectivity index (χ1v) is 5.05. The molecule has 3 nitrogen and oxygen atoms in total. The summed E-state index contributed by atoms with van der Waals surface area (Å²) < 4.78 is 0. The molecule has 0 unspecified atom stereocenters. The van der Waals surface area contributed by atoms with Crippen LogP contribution in [0.2, 0.25) is 0 Å². The van der Waals surface area contributed by atoms with E-state index in [0.29, 0.717) is 12.8 Å². The SMILES string of the molecule is CC(=O)CCC(C)=O.O=Cc1ccccc1. The standard InChI is InChI=1S/C7H6O.C6H10O2/c8-6-7-4-2-1-3-5-7;1-5(7)3-4-6(2)8/h1-6H;3-4H2,1-2H3. The van der Waals surface area contributed by atoms with Crippen molar-refractivity contribution in [3.05, 3.63) is 35.9 Å². The Morgan fingerprint density at radius 1 is 1.00 bits per heavy atom. The third-order valence-electron chi connectivity index (χ3n) is 1.76. The molecule has 1 rings (SSSR count). The molecular weight excluding hydrogens is 204 g/mol. The summed E-state index contributed by atoms with van der Waals surface area (Å²) in [5.41, 5.74) is 0.729. The van der Waals surface area contributed by atoms with E-state index in [2.05, 4.69) is 0 Å². The van der Waals surface area contributed by atoms with Crippen molar-refractivity contribution in [2.45, 2.75) is 26.7 Å². The van der Waals surface area contributed by atoms with Crippen molar-refractivity contribution >= 4 is 17.9 Å². The minimum atomic E-state index is 0.0835. The molecular formula is C13H16O3. The zero-order valence-corrected chi connectivity index (χ0v) is 9.60. The second-order valence-corrected chi connectivity index (χ2v) is 3.43. The zero-order chi connectivity index (χ0) is 12.4. The number of carbonyl (C=O) groups is 3. The second-order valence-electron chi connectivity index (χ2n) is 3.43. The molecule has 0 aliphatic heterocycles.